The summed E-state index contributed by atoms with van der Waals surface area (Å²) in [5, 5.41) is 6.75. The highest BCUT2D eigenvalue weighted by atomic mass is 16.3. The third kappa shape index (κ3) is 7.12. The summed E-state index contributed by atoms with van der Waals surface area (Å²) in [7, 11) is 0. The monoisotopic (exact) mass is 994 g/mol. The molecule has 0 aliphatic heterocycles. The number of hydrogen-bond donors (Lipinski definition) is 0. The Bertz CT molecular complexity index is 4370. The summed E-state index contributed by atoms with van der Waals surface area (Å²) >= 11 is 0. The van der Waals surface area contributed by atoms with Crippen LogP contribution in [-0.2, 0) is 16.2 Å². The van der Waals surface area contributed by atoms with E-state index >= 15 is 0 Å². The third-order valence-electron chi connectivity index (χ3n) is 16.1. The fourth-order valence-electron chi connectivity index (χ4n) is 12.8. The molecule has 14 rings (SSSR count). The van der Waals surface area contributed by atoms with Gasteiger partial charge in [0, 0.05) is 55.1 Å². The molecule has 0 radical (unpaired) electrons. The third-order valence-corrected chi connectivity index (χ3v) is 16.1. The second-order valence-corrected chi connectivity index (χ2v) is 22.8. The minimum absolute atomic E-state index is 0.112. The summed E-state index contributed by atoms with van der Waals surface area (Å²) in [6.07, 6.45) is 0. The van der Waals surface area contributed by atoms with Gasteiger partial charge in [0.25, 0.3) is 0 Å². The maximum Gasteiger partial charge on any atom is 0.159 e. The van der Waals surface area contributed by atoms with Crippen molar-refractivity contribution in [1.82, 2.24) is 0 Å². The minimum atomic E-state index is -0.771. The number of para-hydroxylation sites is 6. The zero-order valence-corrected chi connectivity index (χ0v) is 44.3. The van der Waals surface area contributed by atoms with Gasteiger partial charge in [0.05, 0.1) is 22.5 Å². The number of benzene rings is 11. The minimum Gasteiger partial charge on any atom is -0.454 e. The van der Waals surface area contributed by atoms with E-state index in [1.807, 2.05) is 0 Å². The molecule has 2 aromatic heterocycles. The first-order valence-corrected chi connectivity index (χ1v) is 26.9. The van der Waals surface area contributed by atoms with Gasteiger partial charge in [-0.2, -0.15) is 0 Å². The normalized spacial score (nSPS) is 13.2. The van der Waals surface area contributed by atoms with Crippen LogP contribution in [0.1, 0.15) is 74.9 Å². The molecule has 0 amide bonds. The van der Waals surface area contributed by atoms with E-state index in [0.29, 0.717) is 0 Å². The Hall–Kier alpha value is -9.12. The zero-order chi connectivity index (χ0) is 52.2. The molecule has 0 saturated carbocycles. The second-order valence-electron chi connectivity index (χ2n) is 22.8. The lowest BCUT2D eigenvalue weighted by molar-refractivity contribution is 0.572. The number of nitrogens with zero attached hydrogens (tertiary/aromatic N) is 2. The largest absolute Gasteiger partial charge is 0.454 e. The van der Waals surface area contributed by atoms with E-state index in [1.165, 1.54) is 49.9 Å². The highest BCUT2D eigenvalue weighted by Gasteiger charge is 2.48. The lowest BCUT2D eigenvalue weighted by Crippen LogP contribution is -2.29. The molecule has 0 N–H and O–H groups in total. The fraction of sp³-hybridized carbons (Fsp3) is 0.123. The molecule has 2 heterocycles. The maximum absolute atomic E-state index is 7.22. The second kappa shape index (κ2) is 17.5. The van der Waals surface area contributed by atoms with Crippen molar-refractivity contribution < 1.29 is 8.83 Å². The van der Waals surface area contributed by atoms with Crippen LogP contribution in [0, 0.1) is 0 Å². The van der Waals surface area contributed by atoms with Gasteiger partial charge in [-0.1, -0.05) is 230 Å². The zero-order valence-electron chi connectivity index (χ0n) is 44.3. The average molecular weight is 995 g/mol. The Kier molecular flexibility index (Phi) is 10.5. The van der Waals surface area contributed by atoms with Gasteiger partial charge in [0.1, 0.15) is 11.2 Å². The van der Waals surface area contributed by atoms with Crippen LogP contribution >= 0.6 is 0 Å². The number of anilines is 6. The fourth-order valence-corrected chi connectivity index (χ4v) is 12.8. The summed E-state index contributed by atoms with van der Waals surface area (Å²) in [4.78, 5) is 4.83. The molecule has 372 valence electrons. The van der Waals surface area contributed by atoms with Gasteiger partial charge in [-0.25, -0.2) is 0 Å². The van der Waals surface area contributed by atoms with Crippen molar-refractivity contribution in [3.8, 4) is 11.1 Å². The Labute approximate surface area is 450 Å². The van der Waals surface area contributed by atoms with E-state index in [9.17, 15) is 0 Å². The van der Waals surface area contributed by atoms with Gasteiger partial charge in [0.2, 0.25) is 0 Å². The first-order chi connectivity index (χ1) is 37.5. The van der Waals surface area contributed by atoms with Gasteiger partial charge >= 0.3 is 0 Å². The van der Waals surface area contributed by atoms with Crippen molar-refractivity contribution in [1.29, 1.82) is 0 Å². The summed E-state index contributed by atoms with van der Waals surface area (Å²) in [5.41, 5.74) is 18.3. The van der Waals surface area contributed by atoms with Crippen molar-refractivity contribution in [2.75, 3.05) is 9.80 Å². The summed E-state index contributed by atoms with van der Waals surface area (Å²) in [5.74, 6) is 0. The van der Waals surface area contributed by atoms with Gasteiger partial charge in [-0.3, -0.25) is 0 Å². The van der Waals surface area contributed by atoms with Gasteiger partial charge in [-0.15, -0.1) is 0 Å². The van der Waals surface area contributed by atoms with E-state index in [-0.39, 0.29) is 10.8 Å². The lowest BCUT2D eigenvalue weighted by atomic mass is 9.67. The van der Waals surface area contributed by atoms with Crippen molar-refractivity contribution in [2.45, 2.75) is 57.8 Å². The van der Waals surface area contributed by atoms with Crippen molar-refractivity contribution in [3.05, 3.63) is 276 Å². The molecule has 0 bridgehead atoms. The Balaban J connectivity index is 1.07. The predicted octanol–water partition coefficient (Wildman–Crippen LogP) is 20.5. The molecule has 77 heavy (non-hydrogen) atoms. The van der Waals surface area contributed by atoms with Crippen LogP contribution < -0.4 is 9.80 Å². The van der Waals surface area contributed by atoms with Crippen LogP contribution in [0.4, 0.5) is 34.1 Å². The molecule has 13 aromatic rings. The molecule has 1 aliphatic rings. The molecule has 4 heteroatoms. The van der Waals surface area contributed by atoms with Gasteiger partial charge in [0.15, 0.2) is 11.2 Å². The lowest BCUT2D eigenvalue weighted by Gasteiger charge is -2.36. The number of fused-ring (bicyclic) bond motifs is 11. The van der Waals surface area contributed by atoms with Crippen molar-refractivity contribution >= 4 is 88.8 Å². The van der Waals surface area contributed by atoms with E-state index in [4.69, 9.17) is 8.83 Å². The highest BCUT2D eigenvalue weighted by Crippen LogP contribution is 2.61. The molecule has 0 saturated heterocycles. The molecule has 4 nitrogen and oxygen atoms in total. The number of hydrogen-bond acceptors (Lipinski definition) is 4. The first kappa shape index (κ1) is 46.4. The van der Waals surface area contributed by atoms with Gasteiger partial charge < -0.3 is 18.6 Å². The Morgan fingerprint density at radius 1 is 0.312 bits per heavy atom. The Morgan fingerprint density at radius 3 is 1.23 bits per heavy atom. The molecular formula is C73H58N2O2. The van der Waals surface area contributed by atoms with Gasteiger partial charge in [-0.05, 0) is 104 Å². The Morgan fingerprint density at radius 2 is 0.727 bits per heavy atom. The van der Waals surface area contributed by atoms with Crippen molar-refractivity contribution in [3.63, 3.8) is 0 Å². The predicted molar refractivity (Wildman–Crippen MR) is 323 cm³/mol. The van der Waals surface area contributed by atoms with Crippen LogP contribution in [0.15, 0.2) is 251 Å². The molecule has 0 fully saturated rings. The quantitative estimate of drug-likeness (QED) is 0.152. The maximum atomic E-state index is 7.22. The van der Waals surface area contributed by atoms with E-state index in [2.05, 4.69) is 294 Å². The standard InChI is InChI=1S/C73H58N2O2/c1-71(2,3)59-39-21-35-54-56-37-23-41-63(69(56)76-67(54)59)74(49-29-15-9-16-30-49)51-43-44-58-61(45-51)73(47-25-11-7-12-26-47,48-27-13-8-14-28-48)62-46-65(52-33-19-20-34-53(52)66(58)62)75(50-31-17-10-18-32-50)64-42-24-38-57-55-36-22-40-60(72(4,5)6)68(55)77-70(57)64/h7-46H,1-6H3. The van der Waals surface area contributed by atoms with E-state index in [0.717, 1.165) is 83.4 Å². The van der Waals surface area contributed by atoms with E-state index < -0.39 is 5.41 Å². The summed E-state index contributed by atoms with van der Waals surface area (Å²) in [6, 6.07) is 88.9. The van der Waals surface area contributed by atoms with Crippen LogP contribution in [-0.4, -0.2) is 0 Å². The summed E-state index contributed by atoms with van der Waals surface area (Å²) < 4.78 is 14.4. The van der Waals surface area contributed by atoms with Crippen LogP contribution in [0.3, 0.4) is 0 Å². The smallest absolute Gasteiger partial charge is 0.159 e. The summed E-state index contributed by atoms with van der Waals surface area (Å²) in [6.45, 7) is 13.6. The van der Waals surface area contributed by atoms with E-state index in [1.54, 1.807) is 0 Å². The van der Waals surface area contributed by atoms with Crippen LogP contribution in [0.2, 0.25) is 0 Å². The van der Waals surface area contributed by atoms with Crippen LogP contribution in [0.25, 0.3) is 65.8 Å². The number of rotatable bonds is 8. The molecule has 0 spiro atoms. The molecule has 1 aliphatic carbocycles. The van der Waals surface area contributed by atoms with Crippen LogP contribution in [0.5, 0.6) is 0 Å². The molecule has 0 unspecified atom stereocenters. The molecular weight excluding hydrogens is 937 g/mol. The topological polar surface area (TPSA) is 32.8 Å². The highest BCUT2D eigenvalue weighted by molar-refractivity contribution is 6.16. The van der Waals surface area contributed by atoms with Crippen molar-refractivity contribution in [2.24, 2.45) is 0 Å². The molecule has 0 atom stereocenters. The number of furan rings is 2. The first-order valence-electron chi connectivity index (χ1n) is 26.9. The SMILES string of the molecule is CC(C)(C)c1cccc2c1oc1c(N(c3ccccc3)c3ccc4c(c3)C(c3ccccc3)(c3ccccc3)c3cc(N(c5ccccc5)c5cccc6c5oc5c(C(C)(C)C)cccc56)c5ccccc5c3-4)cccc12. The average Bonchev–Trinajstić information content (AvgIpc) is 4.15. The molecule has 11 aromatic carbocycles.